The quantitative estimate of drug-likeness (QED) is 0.349. The predicted molar refractivity (Wildman–Crippen MR) is 140 cm³/mol. The number of rotatable bonds is 9. The predicted octanol–water partition coefficient (Wildman–Crippen LogP) is 2.68. The van der Waals surface area contributed by atoms with Crippen LogP contribution in [0.25, 0.3) is 0 Å². The maximum absolute atomic E-state index is 14.3. The fraction of sp³-hybridized carbons (Fsp3) is 0.720. The number of fused-ring (bicyclic) bond motifs is 1. The van der Waals surface area contributed by atoms with Gasteiger partial charge in [0.2, 0.25) is 17.7 Å². The Balaban J connectivity index is 2.15. The maximum Gasteiger partial charge on any atom is 0.247 e. The molecule has 2 bridgehead atoms. The Morgan fingerprint density at radius 3 is 2.41 bits per heavy atom. The first kappa shape index (κ1) is 27.3. The monoisotopic (exact) mass is 555 g/mol. The third-order valence-electron chi connectivity index (χ3n) is 7.49. The van der Waals surface area contributed by atoms with Gasteiger partial charge in [0, 0.05) is 35.8 Å². The molecule has 3 amide bonds. The van der Waals surface area contributed by atoms with Crippen LogP contribution in [-0.4, -0.2) is 96.7 Å². The smallest absolute Gasteiger partial charge is 0.247 e. The number of hydrogen-bond donors (Lipinski definition) is 1. The third-order valence-corrected chi connectivity index (χ3v) is 10.7. The summed E-state index contributed by atoms with van der Waals surface area (Å²) in [5, 5.41) is 10.1. The van der Waals surface area contributed by atoms with Gasteiger partial charge in [-0.25, -0.2) is 0 Å². The van der Waals surface area contributed by atoms with Gasteiger partial charge in [-0.1, -0.05) is 35.0 Å². The van der Waals surface area contributed by atoms with Crippen molar-refractivity contribution in [2.75, 3.05) is 26.7 Å². The van der Waals surface area contributed by atoms with E-state index in [2.05, 4.69) is 29.1 Å². The zero-order chi connectivity index (χ0) is 25.6. The molecule has 3 heterocycles. The SMILES string of the molecule is C=CCN(C)C(=O)[C@H]1[C@@H]2SC3(CC2Br)C(C(=O)N(CC=C)C(C)(C)C)N([C@@H](CC)CO)C(=O)[C@H]13. The van der Waals surface area contributed by atoms with Gasteiger partial charge in [-0.3, -0.25) is 14.4 Å². The number of nitrogens with zero attached hydrogens (tertiary/aromatic N) is 3. The molecular formula is C25H38BrN3O4S. The van der Waals surface area contributed by atoms with Gasteiger partial charge in [-0.15, -0.1) is 24.9 Å². The number of carbonyl (C=O) groups excluding carboxylic acids is 3. The van der Waals surface area contributed by atoms with Crippen LogP contribution < -0.4 is 0 Å². The first-order valence-corrected chi connectivity index (χ1v) is 13.7. The first-order chi connectivity index (χ1) is 15.9. The summed E-state index contributed by atoms with van der Waals surface area (Å²) in [5.41, 5.74) is -0.482. The van der Waals surface area contributed by atoms with E-state index in [4.69, 9.17) is 0 Å². The highest BCUT2D eigenvalue weighted by atomic mass is 79.9. The maximum atomic E-state index is 14.3. The number of hydrogen-bond acceptors (Lipinski definition) is 5. The molecule has 7 atom stereocenters. The van der Waals surface area contributed by atoms with Crippen LogP contribution in [0.2, 0.25) is 0 Å². The summed E-state index contributed by atoms with van der Waals surface area (Å²) in [6, 6.07) is -1.24. The topological polar surface area (TPSA) is 81.2 Å². The number of aliphatic hydroxyl groups is 1. The fourth-order valence-corrected chi connectivity index (χ4v) is 9.53. The molecule has 0 radical (unpaired) electrons. The number of halogens is 1. The fourth-order valence-electron chi connectivity index (χ4n) is 5.95. The number of carbonyl (C=O) groups is 3. The van der Waals surface area contributed by atoms with Gasteiger partial charge in [0.15, 0.2) is 0 Å². The summed E-state index contributed by atoms with van der Waals surface area (Å²) < 4.78 is -0.727. The lowest BCUT2D eigenvalue weighted by Crippen LogP contribution is -2.60. The molecule has 3 saturated heterocycles. The molecule has 190 valence electrons. The van der Waals surface area contributed by atoms with Crippen molar-refractivity contribution in [3.8, 4) is 0 Å². The molecule has 9 heteroatoms. The summed E-state index contributed by atoms with van der Waals surface area (Å²) in [5.74, 6) is -1.55. The summed E-state index contributed by atoms with van der Waals surface area (Å²) in [7, 11) is 1.73. The Labute approximate surface area is 216 Å². The molecule has 0 aliphatic carbocycles. The van der Waals surface area contributed by atoms with E-state index in [1.54, 1.807) is 45.7 Å². The van der Waals surface area contributed by atoms with Crippen molar-refractivity contribution in [3.63, 3.8) is 0 Å². The van der Waals surface area contributed by atoms with Crippen LogP contribution in [0.5, 0.6) is 0 Å². The van der Waals surface area contributed by atoms with Crippen molar-refractivity contribution in [1.82, 2.24) is 14.7 Å². The Kier molecular flexibility index (Phi) is 8.00. The van der Waals surface area contributed by atoms with Crippen molar-refractivity contribution in [3.05, 3.63) is 25.3 Å². The number of likely N-dealkylation sites (tertiary alicyclic amines) is 1. The molecule has 3 fully saturated rings. The molecule has 0 saturated carbocycles. The number of likely N-dealkylation sites (N-methyl/N-ethyl adjacent to an activating group) is 1. The van der Waals surface area contributed by atoms with Gasteiger partial charge in [0.05, 0.1) is 29.2 Å². The minimum Gasteiger partial charge on any atom is -0.394 e. The Bertz CT molecular complexity index is 858. The molecule has 0 aromatic rings. The summed E-state index contributed by atoms with van der Waals surface area (Å²) >= 11 is 5.41. The standard InChI is InChI=1S/C25H38BrN3O4S/c1-8-11-27(7)21(31)17-18-22(32)29(15(10-3)14-30)20(25(18)13-16(26)19(17)34-25)23(33)28(12-9-2)24(4,5)6/h8-9,15-20,30H,1-2,10-14H2,3-7H3/t15-,16?,17+,18-,19+,20?,25?/m0/s1. The van der Waals surface area contributed by atoms with Gasteiger partial charge in [0.1, 0.15) is 6.04 Å². The van der Waals surface area contributed by atoms with E-state index in [-0.39, 0.29) is 34.4 Å². The van der Waals surface area contributed by atoms with Gasteiger partial charge in [0.25, 0.3) is 0 Å². The normalized spacial score (nSPS) is 33.0. The van der Waals surface area contributed by atoms with Crippen LogP contribution in [-0.2, 0) is 14.4 Å². The first-order valence-electron chi connectivity index (χ1n) is 11.9. The van der Waals surface area contributed by atoms with E-state index >= 15 is 0 Å². The molecule has 3 unspecified atom stereocenters. The number of aliphatic hydroxyl groups excluding tert-OH is 1. The third kappa shape index (κ3) is 4.15. The largest absolute Gasteiger partial charge is 0.394 e. The van der Waals surface area contributed by atoms with E-state index in [0.29, 0.717) is 25.9 Å². The molecule has 1 spiro atoms. The van der Waals surface area contributed by atoms with Crippen LogP contribution in [0.3, 0.4) is 0 Å². The zero-order valence-electron chi connectivity index (χ0n) is 20.9. The molecule has 34 heavy (non-hydrogen) atoms. The summed E-state index contributed by atoms with van der Waals surface area (Å²) in [6.07, 6.45) is 4.51. The minimum absolute atomic E-state index is 0.0135. The Morgan fingerprint density at radius 1 is 1.29 bits per heavy atom. The van der Waals surface area contributed by atoms with Crippen molar-refractivity contribution in [2.24, 2.45) is 11.8 Å². The van der Waals surface area contributed by atoms with E-state index < -0.39 is 34.2 Å². The minimum atomic E-state index is -0.751. The second-order valence-electron chi connectivity index (χ2n) is 10.6. The molecule has 1 N–H and O–H groups in total. The van der Waals surface area contributed by atoms with Crippen molar-refractivity contribution < 1.29 is 19.5 Å². The highest BCUT2D eigenvalue weighted by Crippen LogP contribution is 2.68. The van der Waals surface area contributed by atoms with Crippen LogP contribution in [0.1, 0.15) is 40.5 Å². The van der Waals surface area contributed by atoms with Crippen LogP contribution in [0, 0.1) is 11.8 Å². The van der Waals surface area contributed by atoms with Gasteiger partial charge in [-0.05, 0) is 33.6 Å². The van der Waals surface area contributed by atoms with Crippen LogP contribution >= 0.6 is 27.7 Å². The Hall–Kier alpha value is -1.32. The van der Waals surface area contributed by atoms with Crippen LogP contribution in [0.4, 0.5) is 0 Å². The van der Waals surface area contributed by atoms with E-state index in [0.717, 1.165) is 0 Å². The van der Waals surface area contributed by atoms with Gasteiger partial charge >= 0.3 is 0 Å². The average Bonchev–Trinajstić information content (AvgIpc) is 3.35. The van der Waals surface area contributed by atoms with E-state index in [1.165, 1.54) is 0 Å². The molecule has 7 nitrogen and oxygen atoms in total. The van der Waals surface area contributed by atoms with Gasteiger partial charge < -0.3 is 19.8 Å². The number of amides is 3. The van der Waals surface area contributed by atoms with E-state index in [9.17, 15) is 19.5 Å². The van der Waals surface area contributed by atoms with Crippen molar-refractivity contribution in [2.45, 2.75) is 73.0 Å². The molecule has 0 aromatic carbocycles. The highest BCUT2D eigenvalue weighted by Gasteiger charge is 2.76. The van der Waals surface area contributed by atoms with Crippen molar-refractivity contribution >= 4 is 45.4 Å². The molecule has 3 aliphatic heterocycles. The lowest BCUT2D eigenvalue weighted by Gasteiger charge is -2.43. The summed E-state index contributed by atoms with van der Waals surface area (Å²) in [6.45, 7) is 15.9. The second-order valence-corrected chi connectivity index (χ2v) is 13.3. The number of alkyl halides is 1. The van der Waals surface area contributed by atoms with E-state index in [1.807, 2.05) is 27.7 Å². The molecule has 3 aliphatic rings. The van der Waals surface area contributed by atoms with Crippen LogP contribution in [0.15, 0.2) is 25.3 Å². The Morgan fingerprint density at radius 2 is 1.91 bits per heavy atom. The lowest BCUT2D eigenvalue weighted by atomic mass is 9.70. The molecular weight excluding hydrogens is 518 g/mol. The van der Waals surface area contributed by atoms with Gasteiger partial charge in [-0.2, -0.15) is 0 Å². The average molecular weight is 557 g/mol. The molecule has 3 rings (SSSR count). The highest BCUT2D eigenvalue weighted by molar-refractivity contribution is 9.09. The van der Waals surface area contributed by atoms with Crippen molar-refractivity contribution in [1.29, 1.82) is 0 Å². The zero-order valence-corrected chi connectivity index (χ0v) is 23.3. The summed E-state index contributed by atoms with van der Waals surface area (Å²) in [4.78, 5) is 46.9. The number of thioether (sulfide) groups is 1. The molecule has 0 aromatic heterocycles. The second kappa shape index (κ2) is 9.97. The lowest BCUT2D eigenvalue weighted by molar-refractivity contribution is -0.148.